The van der Waals surface area contributed by atoms with Gasteiger partial charge >= 0.3 is 0 Å². The van der Waals surface area contributed by atoms with E-state index in [0.29, 0.717) is 12.0 Å². The Hall–Kier alpha value is -1.76. The topological polar surface area (TPSA) is 67.5 Å². The summed E-state index contributed by atoms with van der Waals surface area (Å²) >= 11 is 0. The van der Waals surface area contributed by atoms with Gasteiger partial charge in [-0.2, -0.15) is 0 Å². The molecular formula is C19H27Cl2N5O. The van der Waals surface area contributed by atoms with Gasteiger partial charge in [-0.1, -0.05) is 6.07 Å². The standard InChI is InChI=1S/C19H25N5O.2ClH/c1-25-17-4-2-3-16(11-17)23-5-7-24(8-6-23)19-12-18(21-13-22-19)14-9-15(20)10-14;;/h2-4,11-15H,5-10,20H2,1H3;2*1H. The predicted molar refractivity (Wildman–Crippen MR) is 114 cm³/mol. The van der Waals surface area contributed by atoms with E-state index in [-0.39, 0.29) is 24.8 Å². The minimum absolute atomic E-state index is 0. The number of piperazine rings is 1. The minimum Gasteiger partial charge on any atom is -0.497 e. The number of methoxy groups -OCH3 is 1. The first-order valence-electron chi connectivity index (χ1n) is 8.94. The van der Waals surface area contributed by atoms with E-state index in [0.717, 1.165) is 56.3 Å². The smallest absolute Gasteiger partial charge is 0.132 e. The Morgan fingerprint density at radius 3 is 2.37 bits per heavy atom. The van der Waals surface area contributed by atoms with Crippen molar-refractivity contribution in [2.45, 2.75) is 24.8 Å². The predicted octanol–water partition coefficient (Wildman–Crippen LogP) is 2.86. The van der Waals surface area contributed by atoms with Crippen LogP contribution in [0.4, 0.5) is 11.5 Å². The average Bonchev–Trinajstić information content (AvgIpc) is 2.66. The molecule has 1 aliphatic heterocycles. The van der Waals surface area contributed by atoms with Crippen LogP contribution >= 0.6 is 24.8 Å². The van der Waals surface area contributed by atoms with Crippen LogP contribution in [0.3, 0.4) is 0 Å². The molecule has 1 aliphatic carbocycles. The van der Waals surface area contributed by atoms with E-state index in [1.54, 1.807) is 13.4 Å². The van der Waals surface area contributed by atoms with E-state index >= 15 is 0 Å². The Morgan fingerprint density at radius 2 is 1.70 bits per heavy atom. The molecule has 8 heteroatoms. The van der Waals surface area contributed by atoms with Gasteiger partial charge in [0, 0.05) is 61.7 Å². The number of aromatic nitrogens is 2. The second kappa shape index (κ2) is 9.44. The lowest BCUT2D eigenvalue weighted by Gasteiger charge is -2.37. The lowest BCUT2D eigenvalue weighted by Crippen LogP contribution is -2.47. The van der Waals surface area contributed by atoms with Crippen LogP contribution in [0.1, 0.15) is 24.5 Å². The summed E-state index contributed by atoms with van der Waals surface area (Å²) in [5, 5.41) is 0. The summed E-state index contributed by atoms with van der Waals surface area (Å²) in [5.74, 6) is 2.45. The van der Waals surface area contributed by atoms with Crippen molar-refractivity contribution in [1.82, 2.24) is 9.97 Å². The highest BCUT2D eigenvalue weighted by molar-refractivity contribution is 5.85. The third kappa shape index (κ3) is 4.75. The van der Waals surface area contributed by atoms with Crippen LogP contribution in [0.2, 0.25) is 0 Å². The van der Waals surface area contributed by atoms with Gasteiger partial charge in [-0.15, -0.1) is 24.8 Å². The summed E-state index contributed by atoms with van der Waals surface area (Å²) < 4.78 is 5.33. The molecule has 2 aliphatic rings. The molecule has 0 unspecified atom stereocenters. The van der Waals surface area contributed by atoms with Gasteiger partial charge in [0.1, 0.15) is 17.9 Å². The van der Waals surface area contributed by atoms with Crippen LogP contribution in [-0.4, -0.2) is 49.3 Å². The average molecular weight is 412 g/mol. The first-order chi connectivity index (χ1) is 12.2. The largest absolute Gasteiger partial charge is 0.497 e. The maximum absolute atomic E-state index is 5.91. The normalized spacial score (nSPS) is 21.6. The third-order valence-corrected chi connectivity index (χ3v) is 5.29. The molecule has 0 atom stereocenters. The van der Waals surface area contributed by atoms with Gasteiger partial charge in [-0.05, 0) is 25.0 Å². The van der Waals surface area contributed by atoms with Crippen molar-refractivity contribution in [3.63, 3.8) is 0 Å². The van der Waals surface area contributed by atoms with Crippen LogP contribution < -0.4 is 20.3 Å². The summed E-state index contributed by atoms with van der Waals surface area (Å²) in [4.78, 5) is 13.7. The fraction of sp³-hybridized carbons (Fsp3) is 0.474. The van der Waals surface area contributed by atoms with Crippen molar-refractivity contribution in [2.24, 2.45) is 5.73 Å². The number of benzene rings is 1. The Balaban J connectivity index is 0.00000131. The first-order valence-corrected chi connectivity index (χ1v) is 8.94. The van der Waals surface area contributed by atoms with Gasteiger partial charge in [-0.3, -0.25) is 0 Å². The number of halogens is 2. The molecule has 1 aromatic carbocycles. The molecule has 2 aromatic rings. The number of nitrogens with two attached hydrogens (primary N) is 1. The number of nitrogens with zero attached hydrogens (tertiary/aromatic N) is 4. The van der Waals surface area contributed by atoms with Crippen LogP contribution in [-0.2, 0) is 0 Å². The maximum atomic E-state index is 5.91. The van der Waals surface area contributed by atoms with Crippen molar-refractivity contribution in [1.29, 1.82) is 0 Å². The molecule has 0 bridgehead atoms. The molecule has 1 aromatic heterocycles. The fourth-order valence-electron chi connectivity index (χ4n) is 3.66. The zero-order valence-electron chi connectivity index (χ0n) is 15.5. The minimum atomic E-state index is 0. The SMILES string of the molecule is COc1cccc(N2CCN(c3cc(C4CC(N)C4)ncn3)CC2)c1.Cl.Cl. The quantitative estimate of drug-likeness (QED) is 0.833. The Labute approximate surface area is 172 Å². The number of hydrogen-bond donors (Lipinski definition) is 1. The summed E-state index contributed by atoms with van der Waals surface area (Å²) in [6.07, 6.45) is 3.78. The van der Waals surface area contributed by atoms with Gasteiger partial charge in [0.05, 0.1) is 7.11 Å². The van der Waals surface area contributed by atoms with Crippen molar-refractivity contribution in [2.75, 3.05) is 43.1 Å². The highest BCUT2D eigenvalue weighted by Gasteiger charge is 2.29. The van der Waals surface area contributed by atoms with Crippen molar-refractivity contribution in [3.8, 4) is 5.75 Å². The number of rotatable bonds is 4. The van der Waals surface area contributed by atoms with E-state index in [4.69, 9.17) is 10.5 Å². The molecular weight excluding hydrogens is 385 g/mol. The lowest BCUT2D eigenvalue weighted by atomic mass is 9.78. The molecule has 4 rings (SSSR count). The van der Waals surface area contributed by atoms with Gasteiger partial charge in [0.2, 0.25) is 0 Å². The monoisotopic (exact) mass is 411 g/mol. The molecule has 6 nitrogen and oxygen atoms in total. The van der Waals surface area contributed by atoms with Crippen LogP contribution in [0, 0.1) is 0 Å². The second-order valence-electron chi connectivity index (χ2n) is 6.91. The van der Waals surface area contributed by atoms with Crippen molar-refractivity contribution < 1.29 is 4.74 Å². The van der Waals surface area contributed by atoms with E-state index in [1.165, 1.54) is 5.69 Å². The first kappa shape index (κ1) is 21.5. The summed E-state index contributed by atoms with van der Waals surface area (Å²) in [6.45, 7) is 3.86. The molecule has 1 saturated carbocycles. The zero-order chi connectivity index (χ0) is 17.2. The molecule has 2 N–H and O–H groups in total. The lowest BCUT2D eigenvalue weighted by molar-refractivity contribution is 0.345. The van der Waals surface area contributed by atoms with E-state index in [2.05, 4.69) is 38.0 Å². The Morgan fingerprint density at radius 1 is 1.00 bits per heavy atom. The molecule has 0 amide bonds. The summed E-state index contributed by atoms with van der Waals surface area (Å²) in [7, 11) is 1.71. The molecule has 1 saturated heterocycles. The van der Waals surface area contributed by atoms with E-state index in [9.17, 15) is 0 Å². The number of hydrogen-bond acceptors (Lipinski definition) is 6. The van der Waals surface area contributed by atoms with E-state index in [1.807, 2.05) is 12.1 Å². The summed E-state index contributed by atoms with van der Waals surface area (Å²) in [5.41, 5.74) is 8.26. The van der Waals surface area contributed by atoms with Crippen molar-refractivity contribution >= 4 is 36.3 Å². The number of ether oxygens (including phenoxy) is 1. The molecule has 0 spiro atoms. The van der Waals surface area contributed by atoms with Gasteiger partial charge < -0.3 is 20.3 Å². The molecule has 2 heterocycles. The molecule has 148 valence electrons. The zero-order valence-corrected chi connectivity index (χ0v) is 17.1. The molecule has 27 heavy (non-hydrogen) atoms. The highest BCUT2D eigenvalue weighted by Crippen LogP contribution is 2.35. The third-order valence-electron chi connectivity index (χ3n) is 5.29. The highest BCUT2D eigenvalue weighted by atomic mass is 35.5. The van der Waals surface area contributed by atoms with Crippen molar-refractivity contribution in [3.05, 3.63) is 42.4 Å². The van der Waals surface area contributed by atoms with Gasteiger partial charge in [0.15, 0.2) is 0 Å². The van der Waals surface area contributed by atoms with E-state index < -0.39 is 0 Å². The van der Waals surface area contributed by atoms with Gasteiger partial charge in [0.25, 0.3) is 0 Å². The molecule has 2 fully saturated rings. The Bertz CT molecular complexity index is 734. The van der Waals surface area contributed by atoms with Crippen LogP contribution in [0.5, 0.6) is 5.75 Å². The maximum Gasteiger partial charge on any atom is 0.132 e. The van der Waals surface area contributed by atoms with Gasteiger partial charge in [-0.25, -0.2) is 9.97 Å². The van der Waals surface area contributed by atoms with Crippen LogP contribution in [0.15, 0.2) is 36.7 Å². The fourth-order valence-corrected chi connectivity index (χ4v) is 3.66. The Kier molecular flexibility index (Phi) is 7.53. The molecule has 0 radical (unpaired) electrons. The van der Waals surface area contributed by atoms with Crippen LogP contribution in [0.25, 0.3) is 0 Å². The number of anilines is 2. The second-order valence-corrected chi connectivity index (χ2v) is 6.91. The summed E-state index contributed by atoms with van der Waals surface area (Å²) in [6, 6.07) is 10.8.